The summed E-state index contributed by atoms with van der Waals surface area (Å²) in [4.78, 5) is 15.3. The normalized spacial score (nSPS) is 11.7. The van der Waals surface area contributed by atoms with Gasteiger partial charge in [-0.05, 0) is 58.0 Å². The molecule has 0 aliphatic rings. The molecule has 5 nitrogen and oxygen atoms in total. The summed E-state index contributed by atoms with van der Waals surface area (Å²) >= 11 is 0. The van der Waals surface area contributed by atoms with Crippen molar-refractivity contribution in [2.45, 2.75) is 0 Å². The van der Waals surface area contributed by atoms with Gasteiger partial charge in [-0.1, -0.05) is 146 Å². The molecule has 252 valence electrons. The SMILES string of the molecule is c1ccc(-c2ccc(-c3cc4c(oc5cccc(-c6nc(-c7ccccc7)nc(-c7ccc8c(c7)oc7ccccc78)n6)c54)c4ccccc34)cc2)cc1. The highest BCUT2D eigenvalue weighted by atomic mass is 16.3. The van der Waals surface area contributed by atoms with Crippen molar-refractivity contribution in [2.24, 2.45) is 0 Å². The maximum Gasteiger partial charge on any atom is 0.164 e. The molecule has 5 heteroatoms. The van der Waals surface area contributed by atoms with E-state index in [1.807, 2.05) is 72.8 Å². The van der Waals surface area contributed by atoms with Gasteiger partial charge in [0.2, 0.25) is 0 Å². The van der Waals surface area contributed by atoms with E-state index in [2.05, 4.69) is 103 Å². The molecule has 54 heavy (non-hydrogen) atoms. The van der Waals surface area contributed by atoms with E-state index in [-0.39, 0.29) is 0 Å². The maximum atomic E-state index is 6.72. The van der Waals surface area contributed by atoms with E-state index in [0.29, 0.717) is 17.5 Å². The van der Waals surface area contributed by atoms with Crippen molar-refractivity contribution >= 4 is 54.6 Å². The fraction of sp³-hybridized carbons (Fsp3) is 0. The summed E-state index contributed by atoms with van der Waals surface area (Å²) in [7, 11) is 0. The Morgan fingerprint density at radius 2 is 0.870 bits per heavy atom. The third kappa shape index (κ3) is 4.90. The molecule has 0 spiro atoms. The monoisotopic (exact) mass is 691 g/mol. The van der Waals surface area contributed by atoms with Crippen LogP contribution in [0.5, 0.6) is 0 Å². The van der Waals surface area contributed by atoms with Crippen LogP contribution >= 0.6 is 0 Å². The molecule has 0 bridgehead atoms. The molecular formula is C49H29N3O2. The zero-order chi connectivity index (χ0) is 35.6. The molecule has 0 atom stereocenters. The molecule has 0 saturated heterocycles. The van der Waals surface area contributed by atoms with Crippen molar-refractivity contribution < 1.29 is 8.83 Å². The first-order valence-electron chi connectivity index (χ1n) is 18.0. The van der Waals surface area contributed by atoms with E-state index in [1.54, 1.807) is 0 Å². The van der Waals surface area contributed by atoms with Gasteiger partial charge in [0.1, 0.15) is 22.3 Å². The number of aromatic nitrogens is 3. The topological polar surface area (TPSA) is 65.0 Å². The second-order valence-corrected chi connectivity index (χ2v) is 13.6. The van der Waals surface area contributed by atoms with Crippen LogP contribution in [0.25, 0.3) is 111 Å². The van der Waals surface area contributed by atoms with Crippen molar-refractivity contribution in [3.63, 3.8) is 0 Å². The lowest BCUT2D eigenvalue weighted by molar-refractivity contribution is 0.669. The molecule has 0 unspecified atom stereocenters. The molecule has 0 fully saturated rings. The fourth-order valence-electron chi connectivity index (χ4n) is 7.75. The number of benzene rings is 8. The molecule has 0 aliphatic carbocycles. The molecule has 11 aromatic rings. The van der Waals surface area contributed by atoms with Gasteiger partial charge in [0.05, 0.1) is 0 Å². The molecule has 8 aromatic carbocycles. The van der Waals surface area contributed by atoms with Crippen LogP contribution in [0.15, 0.2) is 185 Å². The maximum absolute atomic E-state index is 6.72. The van der Waals surface area contributed by atoms with E-state index < -0.39 is 0 Å². The van der Waals surface area contributed by atoms with E-state index in [4.69, 9.17) is 23.8 Å². The second-order valence-electron chi connectivity index (χ2n) is 13.6. The van der Waals surface area contributed by atoms with Crippen molar-refractivity contribution in [3.8, 4) is 56.4 Å². The van der Waals surface area contributed by atoms with Crippen LogP contribution in [0.1, 0.15) is 0 Å². The summed E-state index contributed by atoms with van der Waals surface area (Å²) in [5.74, 6) is 1.73. The zero-order valence-corrected chi connectivity index (χ0v) is 28.9. The van der Waals surface area contributed by atoms with Gasteiger partial charge in [0, 0.05) is 43.6 Å². The van der Waals surface area contributed by atoms with Gasteiger partial charge in [0.25, 0.3) is 0 Å². The van der Waals surface area contributed by atoms with Crippen LogP contribution in [0.4, 0.5) is 0 Å². The minimum atomic E-state index is 0.565. The number of rotatable bonds is 5. The molecule has 3 heterocycles. The lowest BCUT2D eigenvalue weighted by Gasteiger charge is -2.11. The van der Waals surface area contributed by atoms with E-state index in [0.717, 1.165) is 82.5 Å². The van der Waals surface area contributed by atoms with Gasteiger partial charge in [-0.2, -0.15) is 0 Å². The van der Waals surface area contributed by atoms with Gasteiger partial charge >= 0.3 is 0 Å². The Bertz CT molecular complexity index is 3200. The van der Waals surface area contributed by atoms with Gasteiger partial charge in [-0.25, -0.2) is 15.0 Å². The van der Waals surface area contributed by atoms with Crippen LogP contribution in [-0.4, -0.2) is 15.0 Å². The van der Waals surface area contributed by atoms with Crippen LogP contribution < -0.4 is 0 Å². The van der Waals surface area contributed by atoms with Gasteiger partial charge in [-0.3, -0.25) is 0 Å². The van der Waals surface area contributed by atoms with Gasteiger partial charge in [0.15, 0.2) is 17.5 Å². The fourth-order valence-corrected chi connectivity index (χ4v) is 7.75. The molecular weight excluding hydrogens is 663 g/mol. The molecule has 0 radical (unpaired) electrons. The summed E-state index contributed by atoms with van der Waals surface area (Å²) in [6.07, 6.45) is 0. The average molecular weight is 692 g/mol. The van der Waals surface area contributed by atoms with Crippen LogP contribution in [-0.2, 0) is 0 Å². The zero-order valence-electron chi connectivity index (χ0n) is 28.9. The predicted molar refractivity (Wildman–Crippen MR) is 219 cm³/mol. The standard InChI is InChI=1S/C49H29N3O2/c1-3-12-30(13-4-1)31-22-24-32(25-23-31)40-29-41-45-39(19-11-21-43(45)54-46(41)38-18-8-7-16-35(38)40)49-51-47(33-14-5-2-6-15-33)50-48(52-49)34-26-27-37-36-17-9-10-20-42(36)53-44(37)28-34/h1-29H. The number of hydrogen-bond donors (Lipinski definition) is 0. The Morgan fingerprint density at radius 3 is 1.67 bits per heavy atom. The third-order valence-corrected chi connectivity index (χ3v) is 10.4. The van der Waals surface area contributed by atoms with E-state index in [9.17, 15) is 0 Å². The molecule has 0 aliphatic heterocycles. The van der Waals surface area contributed by atoms with Crippen LogP contribution in [0.3, 0.4) is 0 Å². The molecule has 3 aromatic heterocycles. The Hall–Kier alpha value is -7.37. The Kier molecular flexibility index (Phi) is 6.79. The average Bonchev–Trinajstić information content (AvgIpc) is 3.82. The van der Waals surface area contributed by atoms with Crippen molar-refractivity contribution in [3.05, 3.63) is 176 Å². The Labute approximate surface area is 309 Å². The van der Waals surface area contributed by atoms with Crippen LogP contribution in [0, 0.1) is 0 Å². The van der Waals surface area contributed by atoms with Crippen molar-refractivity contribution in [1.82, 2.24) is 15.0 Å². The first-order valence-corrected chi connectivity index (χ1v) is 18.0. The number of fused-ring (bicyclic) bond motifs is 8. The lowest BCUT2D eigenvalue weighted by Crippen LogP contribution is -2.00. The smallest absolute Gasteiger partial charge is 0.164 e. The second kappa shape index (κ2) is 12.1. The van der Waals surface area contributed by atoms with Crippen LogP contribution in [0.2, 0.25) is 0 Å². The Morgan fingerprint density at radius 1 is 0.296 bits per heavy atom. The quantitative estimate of drug-likeness (QED) is 0.180. The number of furan rings is 2. The third-order valence-electron chi connectivity index (χ3n) is 10.4. The van der Waals surface area contributed by atoms with E-state index in [1.165, 1.54) is 11.1 Å². The largest absolute Gasteiger partial charge is 0.456 e. The highest BCUT2D eigenvalue weighted by Gasteiger charge is 2.21. The molecule has 0 amide bonds. The summed E-state index contributed by atoms with van der Waals surface area (Å²) in [5.41, 5.74) is 10.5. The molecule has 11 rings (SSSR count). The number of para-hydroxylation sites is 1. The summed E-state index contributed by atoms with van der Waals surface area (Å²) in [5, 5.41) is 6.29. The summed E-state index contributed by atoms with van der Waals surface area (Å²) in [6.45, 7) is 0. The number of nitrogens with zero attached hydrogens (tertiary/aromatic N) is 3. The summed E-state index contributed by atoms with van der Waals surface area (Å²) in [6, 6.07) is 60.5. The lowest BCUT2D eigenvalue weighted by atomic mass is 9.93. The first-order chi connectivity index (χ1) is 26.7. The highest BCUT2D eigenvalue weighted by molar-refractivity contribution is 6.22. The van der Waals surface area contributed by atoms with Gasteiger partial charge in [-0.15, -0.1) is 0 Å². The first kappa shape index (κ1) is 30.3. The minimum Gasteiger partial charge on any atom is -0.456 e. The summed E-state index contributed by atoms with van der Waals surface area (Å²) < 4.78 is 13.0. The van der Waals surface area contributed by atoms with E-state index >= 15 is 0 Å². The minimum absolute atomic E-state index is 0.565. The van der Waals surface area contributed by atoms with Gasteiger partial charge < -0.3 is 8.83 Å². The van der Waals surface area contributed by atoms with Crippen molar-refractivity contribution in [2.75, 3.05) is 0 Å². The predicted octanol–water partition coefficient (Wildman–Crippen LogP) is 13.2. The number of hydrogen-bond acceptors (Lipinski definition) is 5. The molecule has 0 N–H and O–H groups in total. The Balaban J connectivity index is 1.13. The highest BCUT2D eigenvalue weighted by Crippen LogP contribution is 2.43. The van der Waals surface area contributed by atoms with Crippen molar-refractivity contribution in [1.29, 1.82) is 0 Å². The molecule has 0 saturated carbocycles.